The van der Waals surface area contributed by atoms with Gasteiger partial charge in [0.1, 0.15) is 10.1 Å². The first kappa shape index (κ1) is 22.1. The molecule has 1 unspecified atom stereocenters. The van der Waals surface area contributed by atoms with E-state index in [2.05, 4.69) is 5.32 Å². The van der Waals surface area contributed by atoms with Crippen molar-refractivity contribution in [1.29, 1.82) is 0 Å². The van der Waals surface area contributed by atoms with Gasteiger partial charge in [-0.1, -0.05) is 66.4 Å². The molecule has 0 bridgehead atoms. The number of hydrogen-bond donors (Lipinski definition) is 2. The number of halogens is 1. The molecule has 2 aromatic carbocycles. The molecule has 0 saturated carbocycles. The van der Waals surface area contributed by atoms with Gasteiger partial charge < -0.3 is 10.4 Å². The molecular formula is C22H21FN2O3S2. The molecule has 3 rings (SSSR count). The van der Waals surface area contributed by atoms with Crippen molar-refractivity contribution in [3.63, 3.8) is 0 Å². The third-order valence-electron chi connectivity index (χ3n) is 4.49. The quantitative estimate of drug-likeness (QED) is 0.484. The van der Waals surface area contributed by atoms with Gasteiger partial charge >= 0.3 is 0 Å². The SMILES string of the molecule is O=C(CCN1C(=O)C(=Cc2cccc(F)c2)SC1=S)NC(CO)Cc1ccccc1. The number of aliphatic hydroxyl groups excluding tert-OH is 1. The van der Waals surface area contributed by atoms with Gasteiger partial charge in [-0.3, -0.25) is 14.5 Å². The summed E-state index contributed by atoms with van der Waals surface area (Å²) in [5.41, 5.74) is 1.58. The second-order valence-electron chi connectivity index (χ2n) is 6.78. The van der Waals surface area contributed by atoms with Gasteiger partial charge in [-0.2, -0.15) is 0 Å². The fourth-order valence-electron chi connectivity index (χ4n) is 3.01. The van der Waals surface area contributed by atoms with Crippen LogP contribution in [0.2, 0.25) is 0 Å². The lowest BCUT2D eigenvalue weighted by Crippen LogP contribution is -2.41. The zero-order chi connectivity index (χ0) is 21.5. The number of aliphatic hydroxyl groups is 1. The van der Waals surface area contributed by atoms with E-state index in [1.165, 1.54) is 17.0 Å². The summed E-state index contributed by atoms with van der Waals surface area (Å²) in [6, 6.07) is 15.1. The summed E-state index contributed by atoms with van der Waals surface area (Å²) in [4.78, 5) is 26.7. The molecule has 0 radical (unpaired) electrons. The standard InChI is InChI=1S/C22H21FN2O3S2/c23-17-8-4-7-16(11-17)13-19-21(28)25(22(29)30-19)10-9-20(27)24-18(14-26)12-15-5-2-1-3-6-15/h1-8,11,13,18,26H,9-10,12,14H2,(H,24,27). The molecule has 2 N–H and O–H groups in total. The van der Waals surface area contributed by atoms with Crippen LogP contribution < -0.4 is 5.32 Å². The van der Waals surface area contributed by atoms with Gasteiger partial charge in [-0.05, 0) is 35.8 Å². The predicted molar refractivity (Wildman–Crippen MR) is 120 cm³/mol. The lowest BCUT2D eigenvalue weighted by molar-refractivity contribution is -0.124. The molecule has 5 nitrogen and oxygen atoms in total. The molecule has 0 aliphatic carbocycles. The van der Waals surface area contributed by atoms with Crippen molar-refractivity contribution in [1.82, 2.24) is 10.2 Å². The number of thioether (sulfide) groups is 1. The highest BCUT2D eigenvalue weighted by Crippen LogP contribution is 2.32. The molecule has 2 aromatic rings. The van der Waals surface area contributed by atoms with Gasteiger partial charge in [-0.15, -0.1) is 0 Å². The summed E-state index contributed by atoms with van der Waals surface area (Å²) in [5, 5.41) is 12.3. The Bertz CT molecular complexity index is 966. The molecule has 1 aliphatic rings. The third kappa shape index (κ3) is 5.98. The van der Waals surface area contributed by atoms with Crippen molar-refractivity contribution < 1.29 is 19.1 Å². The van der Waals surface area contributed by atoms with E-state index >= 15 is 0 Å². The van der Waals surface area contributed by atoms with Crippen LogP contribution in [0.4, 0.5) is 4.39 Å². The van der Waals surface area contributed by atoms with Crippen molar-refractivity contribution in [3.8, 4) is 0 Å². The first-order chi connectivity index (χ1) is 14.5. The van der Waals surface area contributed by atoms with E-state index in [4.69, 9.17) is 12.2 Å². The van der Waals surface area contributed by atoms with Gasteiger partial charge in [0.15, 0.2) is 0 Å². The minimum Gasteiger partial charge on any atom is -0.394 e. The van der Waals surface area contributed by atoms with E-state index in [0.717, 1.165) is 17.3 Å². The summed E-state index contributed by atoms with van der Waals surface area (Å²) in [5.74, 6) is -0.956. The Kier molecular flexibility index (Phi) is 7.73. The van der Waals surface area contributed by atoms with Crippen molar-refractivity contribution in [2.24, 2.45) is 0 Å². The molecule has 0 spiro atoms. The molecule has 1 heterocycles. The molecule has 1 fully saturated rings. The number of thiocarbonyl (C=S) groups is 1. The van der Waals surface area contributed by atoms with Crippen LogP contribution in [-0.2, 0) is 16.0 Å². The first-order valence-electron chi connectivity index (χ1n) is 9.41. The number of carbonyl (C=O) groups excluding carboxylic acids is 2. The summed E-state index contributed by atoms with van der Waals surface area (Å²) in [6.45, 7) is -0.0431. The van der Waals surface area contributed by atoms with Crippen LogP contribution in [0.25, 0.3) is 6.08 Å². The van der Waals surface area contributed by atoms with Crippen LogP contribution in [-0.4, -0.2) is 45.3 Å². The highest BCUT2D eigenvalue weighted by atomic mass is 32.2. The molecule has 156 valence electrons. The fraction of sp³-hybridized carbons (Fsp3) is 0.227. The van der Waals surface area contributed by atoms with Crippen LogP contribution in [0.1, 0.15) is 17.5 Å². The molecule has 2 amide bonds. The number of benzene rings is 2. The fourth-order valence-corrected chi connectivity index (χ4v) is 4.32. The average molecular weight is 445 g/mol. The van der Waals surface area contributed by atoms with Crippen LogP contribution in [0.5, 0.6) is 0 Å². The average Bonchev–Trinajstić information content (AvgIpc) is 2.99. The molecule has 0 aromatic heterocycles. The van der Waals surface area contributed by atoms with Crippen molar-refractivity contribution in [2.75, 3.05) is 13.2 Å². The van der Waals surface area contributed by atoms with E-state index in [0.29, 0.717) is 21.2 Å². The minimum absolute atomic E-state index is 0.0605. The molecule has 30 heavy (non-hydrogen) atoms. The predicted octanol–water partition coefficient (Wildman–Crippen LogP) is 3.14. The number of hydrogen-bond acceptors (Lipinski definition) is 5. The summed E-state index contributed by atoms with van der Waals surface area (Å²) < 4.78 is 13.7. The van der Waals surface area contributed by atoms with Gasteiger partial charge in [-0.25, -0.2) is 4.39 Å². The van der Waals surface area contributed by atoms with Gasteiger partial charge in [0.25, 0.3) is 5.91 Å². The molecular weight excluding hydrogens is 423 g/mol. The number of amides is 2. The van der Waals surface area contributed by atoms with Crippen LogP contribution in [0.15, 0.2) is 59.5 Å². The smallest absolute Gasteiger partial charge is 0.266 e. The maximum Gasteiger partial charge on any atom is 0.266 e. The largest absolute Gasteiger partial charge is 0.394 e. The number of nitrogens with one attached hydrogen (secondary N) is 1. The van der Waals surface area contributed by atoms with Crippen LogP contribution >= 0.6 is 24.0 Å². The van der Waals surface area contributed by atoms with E-state index in [1.807, 2.05) is 30.3 Å². The van der Waals surface area contributed by atoms with Crippen molar-refractivity contribution in [3.05, 3.63) is 76.4 Å². The number of nitrogens with zero attached hydrogens (tertiary/aromatic N) is 1. The van der Waals surface area contributed by atoms with Crippen molar-refractivity contribution >= 4 is 46.2 Å². The second kappa shape index (κ2) is 10.5. The summed E-state index contributed by atoms with van der Waals surface area (Å²) in [6.07, 6.45) is 2.16. The Morgan fingerprint density at radius 2 is 2.00 bits per heavy atom. The van der Waals surface area contributed by atoms with Gasteiger partial charge in [0, 0.05) is 13.0 Å². The highest BCUT2D eigenvalue weighted by Gasteiger charge is 2.32. The lowest BCUT2D eigenvalue weighted by Gasteiger charge is -2.18. The second-order valence-corrected chi connectivity index (χ2v) is 8.45. The van der Waals surface area contributed by atoms with E-state index in [-0.39, 0.29) is 37.2 Å². The molecule has 8 heteroatoms. The Labute approximate surface area is 184 Å². The molecule has 1 atom stereocenters. The maximum absolute atomic E-state index is 13.4. The van der Waals surface area contributed by atoms with Gasteiger partial charge in [0.2, 0.25) is 5.91 Å². The van der Waals surface area contributed by atoms with E-state index in [9.17, 15) is 19.1 Å². The summed E-state index contributed by atoms with van der Waals surface area (Å²) >= 11 is 6.40. The van der Waals surface area contributed by atoms with Gasteiger partial charge in [0.05, 0.1) is 17.6 Å². The Morgan fingerprint density at radius 3 is 2.70 bits per heavy atom. The Balaban J connectivity index is 1.55. The lowest BCUT2D eigenvalue weighted by atomic mass is 10.1. The van der Waals surface area contributed by atoms with Crippen LogP contribution in [0, 0.1) is 5.82 Å². The van der Waals surface area contributed by atoms with Crippen molar-refractivity contribution in [2.45, 2.75) is 18.9 Å². The minimum atomic E-state index is -0.404. The topological polar surface area (TPSA) is 69.6 Å². The number of rotatable bonds is 8. The molecule has 1 aliphatic heterocycles. The van der Waals surface area contributed by atoms with E-state index < -0.39 is 6.04 Å². The zero-order valence-corrected chi connectivity index (χ0v) is 17.7. The zero-order valence-electron chi connectivity index (χ0n) is 16.1. The Morgan fingerprint density at radius 1 is 1.23 bits per heavy atom. The summed E-state index contributed by atoms with van der Waals surface area (Å²) in [7, 11) is 0. The maximum atomic E-state index is 13.4. The third-order valence-corrected chi connectivity index (χ3v) is 5.87. The Hall–Kier alpha value is -2.55. The monoisotopic (exact) mass is 444 g/mol. The number of carbonyl (C=O) groups is 2. The van der Waals surface area contributed by atoms with Crippen LogP contribution in [0.3, 0.4) is 0 Å². The highest BCUT2D eigenvalue weighted by molar-refractivity contribution is 8.26. The first-order valence-corrected chi connectivity index (χ1v) is 10.6. The molecule has 1 saturated heterocycles. The van der Waals surface area contributed by atoms with E-state index in [1.54, 1.807) is 18.2 Å². The normalized spacial score (nSPS) is 16.2.